The number of rotatable bonds is 8. The van der Waals surface area contributed by atoms with Crippen molar-refractivity contribution in [2.24, 2.45) is 29.1 Å². The number of fused-ring (bicyclic) bond motifs is 1. The highest BCUT2D eigenvalue weighted by atomic mass is 16.3. The van der Waals surface area contributed by atoms with Crippen molar-refractivity contribution in [1.82, 2.24) is 0 Å². The Bertz CT molecular complexity index is 633. The first-order valence-electron chi connectivity index (χ1n) is 13.1. The van der Waals surface area contributed by atoms with E-state index >= 15 is 0 Å². The van der Waals surface area contributed by atoms with Gasteiger partial charge in [-0.3, -0.25) is 0 Å². The van der Waals surface area contributed by atoms with Crippen LogP contribution in [0, 0.1) is 29.1 Å². The highest BCUT2D eigenvalue weighted by molar-refractivity contribution is 5.23. The maximum Gasteiger partial charge on any atom is 0.0809 e. The molecule has 0 bridgehead atoms. The van der Waals surface area contributed by atoms with Crippen molar-refractivity contribution in [2.75, 3.05) is 0 Å². The first-order valence-corrected chi connectivity index (χ1v) is 13.1. The number of hydrogen-bond donors (Lipinski definition) is 3. The minimum atomic E-state index is -0.590. The zero-order valence-electron chi connectivity index (χ0n) is 20.6. The Labute approximate surface area is 191 Å². The number of aliphatic hydroxyl groups is 3. The minimum Gasteiger partial charge on any atom is -0.390 e. The lowest BCUT2D eigenvalue weighted by molar-refractivity contribution is 0.000179. The standard InChI is InChI=1S/C28H48O3/c1-6-28(31,7-2)16-14-19(3)23-12-13-24-22(9-8-15-27(23,24)5)11-10-21-17-25(29)20(4)26(30)18-21/h10,19,22-26,29-31H,4,6-9,11-18H2,1-3,5H3/t19-,22?,23-,24+,25-,26-,27-/m1/s1. The topological polar surface area (TPSA) is 60.7 Å². The Kier molecular flexibility index (Phi) is 8.14. The summed E-state index contributed by atoms with van der Waals surface area (Å²) >= 11 is 0. The van der Waals surface area contributed by atoms with Gasteiger partial charge in [0.25, 0.3) is 0 Å². The van der Waals surface area contributed by atoms with Crippen LogP contribution in [0.1, 0.15) is 105 Å². The molecule has 0 heterocycles. The van der Waals surface area contributed by atoms with Gasteiger partial charge in [-0.25, -0.2) is 0 Å². The van der Waals surface area contributed by atoms with Crippen LogP contribution in [0.15, 0.2) is 23.8 Å². The molecule has 0 aromatic carbocycles. The van der Waals surface area contributed by atoms with Gasteiger partial charge in [-0.1, -0.05) is 52.3 Å². The molecule has 1 unspecified atom stereocenters. The van der Waals surface area contributed by atoms with Gasteiger partial charge in [-0.05, 0) is 105 Å². The van der Waals surface area contributed by atoms with E-state index < -0.39 is 17.8 Å². The second kappa shape index (κ2) is 10.1. The average molecular weight is 433 g/mol. The summed E-state index contributed by atoms with van der Waals surface area (Å²) in [5, 5.41) is 31.1. The summed E-state index contributed by atoms with van der Waals surface area (Å²) < 4.78 is 0. The van der Waals surface area contributed by atoms with Crippen LogP contribution in [0.25, 0.3) is 0 Å². The van der Waals surface area contributed by atoms with Crippen molar-refractivity contribution in [3.05, 3.63) is 23.8 Å². The molecule has 0 spiro atoms. The molecule has 178 valence electrons. The van der Waals surface area contributed by atoms with Gasteiger partial charge in [0.05, 0.1) is 17.8 Å². The summed E-state index contributed by atoms with van der Waals surface area (Å²) in [6.45, 7) is 13.1. The molecule has 0 aromatic rings. The van der Waals surface area contributed by atoms with Gasteiger partial charge >= 0.3 is 0 Å². The fourth-order valence-electron chi connectivity index (χ4n) is 7.45. The quantitative estimate of drug-likeness (QED) is 0.402. The summed E-state index contributed by atoms with van der Waals surface area (Å²) in [6.07, 6.45) is 14.0. The predicted molar refractivity (Wildman–Crippen MR) is 129 cm³/mol. The first kappa shape index (κ1) is 25.0. The summed E-state index contributed by atoms with van der Waals surface area (Å²) in [7, 11) is 0. The molecule has 3 saturated carbocycles. The maximum atomic E-state index is 10.8. The molecule has 0 radical (unpaired) electrons. The zero-order valence-corrected chi connectivity index (χ0v) is 20.6. The van der Waals surface area contributed by atoms with E-state index in [1.165, 1.54) is 37.7 Å². The third-order valence-corrected chi connectivity index (χ3v) is 9.89. The molecule has 3 aliphatic carbocycles. The van der Waals surface area contributed by atoms with E-state index in [2.05, 4.69) is 40.3 Å². The Morgan fingerprint density at radius 3 is 2.39 bits per heavy atom. The van der Waals surface area contributed by atoms with E-state index in [1.54, 1.807) is 0 Å². The van der Waals surface area contributed by atoms with E-state index in [9.17, 15) is 15.3 Å². The molecular weight excluding hydrogens is 384 g/mol. The lowest BCUT2D eigenvalue weighted by Gasteiger charge is -2.47. The van der Waals surface area contributed by atoms with Crippen LogP contribution in [0.4, 0.5) is 0 Å². The van der Waals surface area contributed by atoms with Crippen LogP contribution in [0.5, 0.6) is 0 Å². The maximum absolute atomic E-state index is 10.8. The van der Waals surface area contributed by atoms with Gasteiger partial charge in [0.15, 0.2) is 0 Å². The molecule has 3 fully saturated rings. The van der Waals surface area contributed by atoms with Gasteiger partial charge in [-0.15, -0.1) is 0 Å². The van der Waals surface area contributed by atoms with Gasteiger partial charge in [-0.2, -0.15) is 0 Å². The Balaban J connectivity index is 1.63. The Morgan fingerprint density at radius 2 is 1.77 bits per heavy atom. The van der Waals surface area contributed by atoms with Crippen LogP contribution in [0.2, 0.25) is 0 Å². The number of allylic oxidation sites excluding steroid dienone is 1. The third kappa shape index (κ3) is 5.31. The summed E-state index contributed by atoms with van der Waals surface area (Å²) in [5.41, 5.74) is 1.74. The molecule has 31 heavy (non-hydrogen) atoms. The normalized spacial score (nSPS) is 37.6. The molecule has 0 aliphatic heterocycles. The number of aliphatic hydroxyl groups excluding tert-OH is 2. The van der Waals surface area contributed by atoms with Crippen molar-refractivity contribution in [2.45, 2.75) is 123 Å². The van der Waals surface area contributed by atoms with E-state index in [0.29, 0.717) is 29.7 Å². The third-order valence-electron chi connectivity index (χ3n) is 9.89. The molecule has 3 N–H and O–H groups in total. The van der Waals surface area contributed by atoms with Crippen LogP contribution < -0.4 is 0 Å². The second-order valence-electron chi connectivity index (χ2n) is 11.5. The molecule has 3 nitrogen and oxygen atoms in total. The van der Waals surface area contributed by atoms with Gasteiger partial charge in [0.1, 0.15) is 0 Å². The SMILES string of the molecule is C=C1[C@H](O)CC(=CCC2CCC[C@]3(C)[C@@H]([C@H](C)CCC(O)(CC)CC)CC[C@@H]23)C[C@H]1O. The lowest BCUT2D eigenvalue weighted by Crippen LogP contribution is -2.39. The van der Waals surface area contributed by atoms with Gasteiger partial charge in [0.2, 0.25) is 0 Å². The van der Waals surface area contributed by atoms with E-state index in [0.717, 1.165) is 49.9 Å². The Morgan fingerprint density at radius 1 is 1.13 bits per heavy atom. The van der Waals surface area contributed by atoms with Crippen molar-refractivity contribution < 1.29 is 15.3 Å². The fourth-order valence-corrected chi connectivity index (χ4v) is 7.45. The zero-order chi connectivity index (χ0) is 22.8. The molecule has 3 rings (SSSR count). The summed E-state index contributed by atoms with van der Waals surface area (Å²) in [4.78, 5) is 0. The molecule has 7 atom stereocenters. The van der Waals surface area contributed by atoms with Gasteiger partial charge < -0.3 is 15.3 Å². The minimum absolute atomic E-state index is 0.428. The second-order valence-corrected chi connectivity index (χ2v) is 11.5. The van der Waals surface area contributed by atoms with E-state index in [1.807, 2.05) is 0 Å². The van der Waals surface area contributed by atoms with Crippen molar-refractivity contribution >= 4 is 0 Å². The lowest BCUT2D eigenvalue weighted by atomic mass is 9.58. The van der Waals surface area contributed by atoms with Crippen LogP contribution in [0.3, 0.4) is 0 Å². The van der Waals surface area contributed by atoms with Gasteiger partial charge in [0, 0.05) is 0 Å². The van der Waals surface area contributed by atoms with Crippen molar-refractivity contribution in [3.8, 4) is 0 Å². The van der Waals surface area contributed by atoms with E-state index in [4.69, 9.17) is 0 Å². The average Bonchev–Trinajstić information content (AvgIpc) is 3.11. The monoisotopic (exact) mass is 432 g/mol. The summed E-state index contributed by atoms with van der Waals surface area (Å²) in [6, 6.07) is 0. The largest absolute Gasteiger partial charge is 0.390 e. The molecular formula is C28H48O3. The van der Waals surface area contributed by atoms with Crippen molar-refractivity contribution in [3.63, 3.8) is 0 Å². The van der Waals surface area contributed by atoms with Crippen molar-refractivity contribution in [1.29, 1.82) is 0 Å². The highest BCUT2D eigenvalue weighted by Gasteiger charge is 2.52. The highest BCUT2D eigenvalue weighted by Crippen LogP contribution is 2.60. The number of hydrogen-bond acceptors (Lipinski definition) is 3. The van der Waals surface area contributed by atoms with Crippen LogP contribution in [-0.2, 0) is 0 Å². The van der Waals surface area contributed by atoms with E-state index in [-0.39, 0.29) is 0 Å². The molecule has 3 heteroatoms. The smallest absolute Gasteiger partial charge is 0.0809 e. The summed E-state index contributed by atoms with van der Waals surface area (Å²) in [5.74, 6) is 2.96. The van der Waals surface area contributed by atoms with Crippen LogP contribution in [-0.4, -0.2) is 33.1 Å². The molecule has 0 saturated heterocycles. The molecule has 0 amide bonds. The fraction of sp³-hybridized carbons (Fsp3) is 0.857. The molecule has 0 aromatic heterocycles. The molecule has 3 aliphatic rings. The van der Waals surface area contributed by atoms with Crippen LogP contribution >= 0.6 is 0 Å². The predicted octanol–water partition coefficient (Wildman–Crippen LogP) is 6.17. The first-order chi connectivity index (χ1) is 14.6. The Hall–Kier alpha value is -0.640.